The Bertz CT molecular complexity index is 625. The van der Waals surface area contributed by atoms with Gasteiger partial charge in [-0.15, -0.1) is 0 Å². The molecule has 0 bridgehead atoms. The quantitative estimate of drug-likeness (QED) is 0.941. The monoisotopic (exact) mass is 315 g/mol. The zero-order valence-corrected chi connectivity index (χ0v) is 12.8. The van der Waals surface area contributed by atoms with Crippen LogP contribution in [-0.4, -0.2) is 15.8 Å². The summed E-state index contributed by atoms with van der Waals surface area (Å²) in [4.78, 5) is 0. The lowest BCUT2D eigenvalue weighted by molar-refractivity contribution is 0.608. The minimum Gasteiger partial charge on any atom is -0.327 e. The molecule has 0 saturated heterocycles. The van der Waals surface area contributed by atoms with Crippen LogP contribution >= 0.6 is 23.2 Å². The third kappa shape index (κ3) is 3.32. The molecule has 1 atom stereocenters. The van der Waals surface area contributed by atoms with Crippen molar-refractivity contribution in [2.75, 3.05) is 0 Å². The van der Waals surface area contributed by atoms with E-state index in [1.165, 1.54) is 12.1 Å². The van der Waals surface area contributed by atoms with E-state index in [2.05, 4.69) is 5.10 Å². The summed E-state index contributed by atoms with van der Waals surface area (Å²) in [5.74, 6) is -0.349. The van der Waals surface area contributed by atoms with E-state index in [9.17, 15) is 4.39 Å². The largest absolute Gasteiger partial charge is 0.327 e. The van der Waals surface area contributed by atoms with Gasteiger partial charge in [-0.3, -0.25) is 4.68 Å². The van der Waals surface area contributed by atoms with Crippen molar-refractivity contribution in [3.63, 3.8) is 0 Å². The summed E-state index contributed by atoms with van der Waals surface area (Å²) in [6, 6.07) is 4.18. The highest BCUT2D eigenvalue weighted by Crippen LogP contribution is 2.23. The molecule has 0 aliphatic heterocycles. The molecule has 0 spiro atoms. The minimum absolute atomic E-state index is 0.162. The first-order chi connectivity index (χ1) is 9.38. The molecule has 2 N–H and O–H groups in total. The number of aryl methyl sites for hydroxylation is 2. The Balaban J connectivity index is 2.11. The number of hydrogen-bond acceptors (Lipinski definition) is 2. The van der Waals surface area contributed by atoms with Crippen LogP contribution in [0.1, 0.15) is 17.0 Å². The highest BCUT2D eigenvalue weighted by atomic mass is 35.5. The fraction of sp³-hybridized carbons (Fsp3) is 0.357. The number of nitrogens with zero attached hydrogens (tertiary/aromatic N) is 2. The number of hydrogen-bond donors (Lipinski definition) is 1. The predicted molar refractivity (Wildman–Crippen MR) is 79.7 cm³/mol. The van der Waals surface area contributed by atoms with Gasteiger partial charge in [-0.1, -0.05) is 29.3 Å². The Kier molecular flexibility index (Phi) is 4.68. The molecule has 2 rings (SSSR count). The maximum Gasteiger partial charge on any atom is 0.124 e. The van der Waals surface area contributed by atoms with Crippen LogP contribution in [0.3, 0.4) is 0 Å². The molecular formula is C14H16Cl2FN3. The molecule has 0 amide bonds. The topological polar surface area (TPSA) is 43.8 Å². The molecule has 0 aliphatic carbocycles. The van der Waals surface area contributed by atoms with Crippen molar-refractivity contribution in [2.24, 2.45) is 12.8 Å². The summed E-state index contributed by atoms with van der Waals surface area (Å²) >= 11 is 12.2. The number of nitrogens with two attached hydrogens (primary N) is 1. The fourth-order valence-corrected chi connectivity index (χ4v) is 2.67. The van der Waals surface area contributed by atoms with E-state index in [-0.39, 0.29) is 11.9 Å². The van der Waals surface area contributed by atoms with Crippen LogP contribution in [0.4, 0.5) is 4.39 Å². The van der Waals surface area contributed by atoms with Gasteiger partial charge in [0.15, 0.2) is 0 Å². The molecule has 1 aromatic heterocycles. The second kappa shape index (κ2) is 6.12. The molecule has 1 heterocycles. The van der Waals surface area contributed by atoms with Crippen LogP contribution in [0, 0.1) is 12.7 Å². The van der Waals surface area contributed by atoms with Crippen LogP contribution < -0.4 is 5.73 Å². The lowest BCUT2D eigenvalue weighted by atomic mass is 10.0. The van der Waals surface area contributed by atoms with E-state index in [1.807, 2.05) is 14.0 Å². The Hall–Kier alpha value is -1.10. The molecule has 108 valence electrons. The number of rotatable bonds is 4. The summed E-state index contributed by atoms with van der Waals surface area (Å²) in [6.07, 6.45) is 1.14. The SMILES string of the molecule is Cc1nn(C)c(CC(N)Cc2ccc(F)cc2Cl)c1Cl. The van der Waals surface area contributed by atoms with Gasteiger partial charge < -0.3 is 5.73 Å². The van der Waals surface area contributed by atoms with Gasteiger partial charge in [-0.05, 0) is 31.0 Å². The van der Waals surface area contributed by atoms with Gasteiger partial charge >= 0.3 is 0 Å². The van der Waals surface area contributed by atoms with Crippen LogP contribution in [0.25, 0.3) is 0 Å². The first-order valence-corrected chi connectivity index (χ1v) is 7.01. The van der Waals surface area contributed by atoms with Crippen molar-refractivity contribution < 1.29 is 4.39 Å². The lowest BCUT2D eigenvalue weighted by Gasteiger charge is -2.13. The van der Waals surface area contributed by atoms with Gasteiger partial charge in [0.05, 0.1) is 16.4 Å². The summed E-state index contributed by atoms with van der Waals surface area (Å²) in [7, 11) is 1.84. The van der Waals surface area contributed by atoms with Crippen LogP contribution in [-0.2, 0) is 19.9 Å². The number of halogens is 3. The molecule has 0 radical (unpaired) electrons. The van der Waals surface area contributed by atoms with Crippen molar-refractivity contribution in [1.29, 1.82) is 0 Å². The molecule has 1 unspecified atom stereocenters. The maximum atomic E-state index is 13.0. The molecule has 2 aromatic rings. The Morgan fingerprint density at radius 3 is 2.60 bits per heavy atom. The molecule has 0 saturated carbocycles. The van der Waals surface area contributed by atoms with E-state index in [0.29, 0.717) is 22.9 Å². The summed E-state index contributed by atoms with van der Waals surface area (Å²) in [6.45, 7) is 1.86. The van der Waals surface area contributed by atoms with Crippen LogP contribution in [0.2, 0.25) is 10.0 Å². The molecule has 0 fully saturated rings. The van der Waals surface area contributed by atoms with Crippen molar-refractivity contribution >= 4 is 23.2 Å². The summed E-state index contributed by atoms with van der Waals surface area (Å²) in [5.41, 5.74) is 8.66. The summed E-state index contributed by atoms with van der Waals surface area (Å²) in [5, 5.41) is 5.30. The Morgan fingerprint density at radius 1 is 1.35 bits per heavy atom. The maximum absolute atomic E-state index is 13.0. The van der Waals surface area contributed by atoms with E-state index in [4.69, 9.17) is 28.9 Å². The summed E-state index contributed by atoms with van der Waals surface area (Å²) < 4.78 is 14.7. The normalized spacial score (nSPS) is 12.7. The zero-order chi connectivity index (χ0) is 14.9. The van der Waals surface area contributed by atoms with E-state index < -0.39 is 0 Å². The van der Waals surface area contributed by atoms with Crippen LogP contribution in [0.5, 0.6) is 0 Å². The lowest BCUT2D eigenvalue weighted by Crippen LogP contribution is -2.27. The van der Waals surface area contributed by atoms with Gasteiger partial charge in [0.2, 0.25) is 0 Å². The number of benzene rings is 1. The van der Waals surface area contributed by atoms with Crippen LogP contribution in [0.15, 0.2) is 18.2 Å². The average molecular weight is 316 g/mol. The minimum atomic E-state index is -0.349. The van der Waals surface area contributed by atoms with Crippen molar-refractivity contribution in [2.45, 2.75) is 25.8 Å². The fourth-order valence-electron chi connectivity index (χ4n) is 2.19. The molecular weight excluding hydrogens is 300 g/mol. The Morgan fingerprint density at radius 2 is 2.05 bits per heavy atom. The standard InChI is InChI=1S/C14H16Cl2FN3/c1-8-14(16)13(20(2)19-8)7-11(18)5-9-3-4-10(17)6-12(9)15/h3-4,6,11H,5,7,18H2,1-2H3. The van der Waals surface area contributed by atoms with E-state index >= 15 is 0 Å². The highest BCUT2D eigenvalue weighted by molar-refractivity contribution is 6.32. The van der Waals surface area contributed by atoms with Crippen molar-refractivity contribution in [3.8, 4) is 0 Å². The first-order valence-electron chi connectivity index (χ1n) is 6.26. The van der Waals surface area contributed by atoms with Gasteiger partial charge in [-0.25, -0.2) is 4.39 Å². The van der Waals surface area contributed by atoms with Gasteiger partial charge in [0.1, 0.15) is 5.82 Å². The van der Waals surface area contributed by atoms with E-state index in [1.54, 1.807) is 10.7 Å². The predicted octanol–water partition coefficient (Wildman–Crippen LogP) is 3.29. The third-order valence-corrected chi connectivity index (χ3v) is 4.06. The highest BCUT2D eigenvalue weighted by Gasteiger charge is 2.16. The first kappa shape index (κ1) is 15.3. The second-order valence-corrected chi connectivity index (χ2v) is 5.66. The molecule has 0 aliphatic rings. The molecule has 6 heteroatoms. The van der Waals surface area contributed by atoms with Crippen molar-refractivity contribution in [3.05, 3.63) is 51.0 Å². The third-order valence-electron chi connectivity index (χ3n) is 3.21. The van der Waals surface area contributed by atoms with Gasteiger partial charge in [-0.2, -0.15) is 5.10 Å². The Labute approximate surface area is 127 Å². The van der Waals surface area contributed by atoms with Gasteiger partial charge in [0.25, 0.3) is 0 Å². The van der Waals surface area contributed by atoms with Gasteiger partial charge in [0, 0.05) is 24.5 Å². The smallest absolute Gasteiger partial charge is 0.124 e. The molecule has 3 nitrogen and oxygen atoms in total. The van der Waals surface area contributed by atoms with E-state index in [0.717, 1.165) is 17.0 Å². The number of aromatic nitrogens is 2. The molecule has 1 aromatic carbocycles. The van der Waals surface area contributed by atoms with Crippen molar-refractivity contribution in [1.82, 2.24) is 9.78 Å². The zero-order valence-electron chi connectivity index (χ0n) is 11.3. The average Bonchev–Trinajstić information content (AvgIpc) is 2.60. The second-order valence-electron chi connectivity index (χ2n) is 4.87. The molecule has 20 heavy (non-hydrogen) atoms.